The fourth-order valence-electron chi connectivity index (χ4n) is 3.56. The van der Waals surface area contributed by atoms with E-state index in [0.717, 1.165) is 25.1 Å². The summed E-state index contributed by atoms with van der Waals surface area (Å²) in [5.41, 5.74) is 14.2. The molecule has 1 saturated heterocycles. The topological polar surface area (TPSA) is 143 Å². The van der Waals surface area contributed by atoms with Crippen LogP contribution in [0.2, 0.25) is 0 Å². The van der Waals surface area contributed by atoms with Crippen LogP contribution in [0.5, 0.6) is 5.75 Å². The maximum atomic E-state index is 13.0. The van der Waals surface area contributed by atoms with E-state index in [9.17, 15) is 9.90 Å². The van der Waals surface area contributed by atoms with Gasteiger partial charge in [0.05, 0.1) is 29.5 Å². The lowest BCUT2D eigenvalue weighted by atomic mass is 10.1. The summed E-state index contributed by atoms with van der Waals surface area (Å²) >= 11 is 0. The van der Waals surface area contributed by atoms with Crippen molar-refractivity contribution >= 4 is 23.1 Å². The number of carbonyl (C=O) groups excluding carboxylic acids is 1. The summed E-state index contributed by atoms with van der Waals surface area (Å²) in [5.74, 6) is -0.469. The van der Waals surface area contributed by atoms with Gasteiger partial charge >= 0.3 is 0 Å². The molecular weight excluding hydrogens is 382 g/mol. The third-order valence-corrected chi connectivity index (χ3v) is 5.04. The minimum atomic E-state index is -0.507. The zero-order valence-corrected chi connectivity index (χ0v) is 16.3. The average Bonchev–Trinajstić information content (AvgIpc) is 2.75. The molecule has 9 nitrogen and oxygen atoms in total. The third kappa shape index (κ3) is 4.01. The van der Waals surface area contributed by atoms with E-state index in [-0.39, 0.29) is 23.3 Å². The van der Waals surface area contributed by atoms with E-state index in [2.05, 4.69) is 25.2 Å². The molecule has 1 unspecified atom stereocenters. The van der Waals surface area contributed by atoms with E-state index < -0.39 is 5.91 Å². The fourth-order valence-corrected chi connectivity index (χ4v) is 3.56. The van der Waals surface area contributed by atoms with Crippen LogP contribution in [0.25, 0.3) is 11.3 Å². The van der Waals surface area contributed by atoms with Crippen LogP contribution in [0.15, 0.2) is 48.9 Å². The largest absolute Gasteiger partial charge is 0.507 e. The van der Waals surface area contributed by atoms with Gasteiger partial charge in [-0.15, -0.1) is 0 Å². The number of anilines is 3. The van der Waals surface area contributed by atoms with Crippen LogP contribution in [0, 0.1) is 0 Å². The van der Waals surface area contributed by atoms with E-state index in [4.69, 9.17) is 11.5 Å². The van der Waals surface area contributed by atoms with Gasteiger partial charge in [-0.1, -0.05) is 12.1 Å². The van der Waals surface area contributed by atoms with Crippen LogP contribution in [0.3, 0.4) is 0 Å². The second-order valence-corrected chi connectivity index (χ2v) is 7.20. The van der Waals surface area contributed by atoms with Crippen LogP contribution < -0.4 is 21.7 Å². The molecular formula is C21H23N7O2. The smallest absolute Gasteiger partial charge is 0.278 e. The number of hydrogen-bond acceptors (Lipinski definition) is 8. The van der Waals surface area contributed by atoms with Gasteiger partial charge in [-0.3, -0.25) is 9.78 Å². The van der Waals surface area contributed by atoms with Crippen LogP contribution in [0.1, 0.15) is 23.3 Å². The zero-order chi connectivity index (χ0) is 21.1. The van der Waals surface area contributed by atoms with Crippen molar-refractivity contribution in [3.05, 3.63) is 54.6 Å². The number of pyridine rings is 1. The van der Waals surface area contributed by atoms with Crippen LogP contribution in [0.4, 0.5) is 17.2 Å². The second kappa shape index (κ2) is 8.34. The first-order valence-corrected chi connectivity index (χ1v) is 9.69. The van der Waals surface area contributed by atoms with Crippen LogP contribution in [-0.4, -0.2) is 45.1 Å². The molecule has 9 heteroatoms. The molecule has 3 aromatic rings. The number of hydrogen-bond donors (Lipinski definition) is 4. The Labute approximate surface area is 173 Å². The number of para-hydroxylation sites is 1. The molecule has 4 rings (SSSR count). The number of nitrogens with two attached hydrogens (primary N) is 2. The van der Waals surface area contributed by atoms with Crippen molar-refractivity contribution in [3.63, 3.8) is 0 Å². The molecule has 1 aliphatic heterocycles. The molecule has 0 saturated carbocycles. The van der Waals surface area contributed by atoms with Gasteiger partial charge in [0.1, 0.15) is 5.75 Å². The monoisotopic (exact) mass is 405 g/mol. The molecule has 1 aliphatic rings. The van der Waals surface area contributed by atoms with Crippen molar-refractivity contribution in [1.82, 2.24) is 15.0 Å². The van der Waals surface area contributed by atoms with Crippen molar-refractivity contribution in [1.29, 1.82) is 0 Å². The van der Waals surface area contributed by atoms with Gasteiger partial charge in [0, 0.05) is 30.9 Å². The lowest BCUT2D eigenvalue weighted by molar-refractivity contribution is 0.102. The highest BCUT2D eigenvalue weighted by atomic mass is 16.3. The van der Waals surface area contributed by atoms with E-state index >= 15 is 0 Å². The number of piperidine rings is 1. The number of nitrogens with one attached hydrogen (secondary N) is 1. The summed E-state index contributed by atoms with van der Waals surface area (Å²) in [7, 11) is 0. The predicted molar refractivity (Wildman–Crippen MR) is 115 cm³/mol. The minimum absolute atomic E-state index is 0.00268. The number of nitrogens with zero attached hydrogens (tertiary/aromatic N) is 4. The van der Waals surface area contributed by atoms with Gasteiger partial charge in [0.2, 0.25) is 0 Å². The lowest BCUT2D eigenvalue weighted by Crippen LogP contribution is -2.43. The Hall–Kier alpha value is -3.72. The van der Waals surface area contributed by atoms with Gasteiger partial charge in [0.25, 0.3) is 5.91 Å². The summed E-state index contributed by atoms with van der Waals surface area (Å²) < 4.78 is 0. The van der Waals surface area contributed by atoms with Gasteiger partial charge < -0.3 is 26.8 Å². The van der Waals surface area contributed by atoms with E-state index in [0.29, 0.717) is 23.5 Å². The second-order valence-electron chi connectivity index (χ2n) is 7.20. The van der Waals surface area contributed by atoms with Gasteiger partial charge in [-0.2, -0.15) is 0 Å². The normalized spacial score (nSPS) is 16.3. The molecule has 1 fully saturated rings. The number of aromatic nitrogens is 3. The average molecular weight is 405 g/mol. The van der Waals surface area contributed by atoms with Crippen LogP contribution in [-0.2, 0) is 0 Å². The summed E-state index contributed by atoms with van der Waals surface area (Å²) in [6.45, 7) is 1.56. The lowest BCUT2D eigenvalue weighted by Gasteiger charge is -2.33. The van der Waals surface area contributed by atoms with E-state index in [1.807, 2.05) is 6.07 Å². The quantitative estimate of drug-likeness (QED) is 0.516. The van der Waals surface area contributed by atoms with Crippen molar-refractivity contribution in [2.45, 2.75) is 18.9 Å². The van der Waals surface area contributed by atoms with E-state index in [1.54, 1.807) is 36.7 Å². The number of rotatable bonds is 4. The number of nitrogen functional groups attached to an aromatic ring is 1. The Kier molecular flexibility index (Phi) is 5.44. The highest BCUT2D eigenvalue weighted by Crippen LogP contribution is 2.29. The van der Waals surface area contributed by atoms with Gasteiger partial charge in [-0.25, -0.2) is 9.97 Å². The molecule has 30 heavy (non-hydrogen) atoms. The Bertz CT molecular complexity index is 1070. The summed E-state index contributed by atoms with van der Waals surface area (Å²) in [6, 6.07) is 8.63. The maximum absolute atomic E-state index is 13.0. The molecule has 1 aromatic carbocycles. The first kappa shape index (κ1) is 19.6. The van der Waals surface area contributed by atoms with Gasteiger partial charge in [0.15, 0.2) is 11.5 Å². The Morgan fingerprint density at radius 1 is 1.23 bits per heavy atom. The van der Waals surface area contributed by atoms with E-state index in [1.165, 1.54) is 6.20 Å². The zero-order valence-electron chi connectivity index (χ0n) is 16.3. The Morgan fingerprint density at radius 2 is 2.07 bits per heavy atom. The third-order valence-electron chi connectivity index (χ3n) is 5.04. The SMILES string of the molecule is Nc1ncc(-c2ccccc2O)nc1C(=O)Nc1cnccc1N1CCCC(N)C1. The van der Waals surface area contributed by atoms with Gasteiger partial charge in [-0.05, 0) is 31.0 Å². The predicted octanol–water partition coefficient (Wildman–Crippen LogP) is 2.01. The molecule has 6 N–H and O–H groups in total. The molecule has 0 bridgehead atoms. The van der Waals surface area contributed by atoms with Crippen molar-refractivity contribution in [2.75, 3.05) is 29.0 Å². The highest BCUT2D eigenvalue weighted by Gasteiger charge is 2.22. The number of amides is 1. The van der Waals surface area contributed by atoms with Crippen LogP contribution >= 0.6 is 0 Å². The summed E-state index contributed by atoms with van der Waals surface area (Å²) in [6.07, 6.45) is 6.65. The van der Waals surface area contributed by atoms with Crippen molar-refractivity contribution in [2.24, 2.45) is 5.73 Å². The Morgan fingerprint density at radius 3 is 2.87 bits per heavy atom. The first-order chi connectivity index (χ1) is 14.5. The number of aromatic hydroxyl groups is 1. The minimum Gasteiger partial charge on any atom is -0.507 e. The number of phenolic OH excluding ortho intramolecular Hbond substituents is 1. The molecule has 154 valence electrons. The molecule has 2 aromatic heterocycles. The molecule has 3 heterocycles. The van der Waals surface area contributed by atoms with Crippen molar-refractivity contribution in [3.8, 4) is 17.0 Å². The van der Waals surface area contributed by atoms with Crippen molar-refractivity contribution < 1.29 is 9.90 Å². The fraction of sp³-hybridized carbons (Fsp3) is 0.238. The summed E-state index contributed by atoms with van der Waals surface area (Å²) in [5, 5.41) is 12.9. The standard InChI is InChI=1S/C21H23N7O2/c22-13-4-3-9-28(12-13)17-7-8-24-10-16(17)27-21(30)19-20(23)25-11-15(26-19)14-5-1-2-6-18(14)29/h1-2,5-8,10-11,13,29H,3-4,9,12,22H2,(H2,23,25)(H,27,30). The number of benzene rings is 1. The summed E-state index contributed by atoms with van der Waals surface area (Å²) in [4.78, 5) is 27.7. The Balaban J connectivity index is 1.62. The number of carbonyl (C=O) groups is 1. The molecule has 0 spiro atoms. The first-order valence-electron chi connectivity index (χ1n) is 9.69. The molecule has 1 atom stereocenters. The molecule has 1 amide bonds. The number of phenols is 1. The molecule has 0 aliphatic carbocycles. The maximum Gasteiger partial charge on any atom is 0.278 e. The highest BCUT2D eigenvalue weighted by molar-refractivity contribution is 6.07. The molecule has 0 radical (unpaired) electrons.